The summed E-state index contributed by atoms with van der Waals surface area (Å²) in [7, 11) is 1.92. The van der Waals surface area contributed by atoms with Crippen LogP contribution in [-0.2, 0) is 13.5 Å². The first kappa shape index (κ1) is 17.0. The maximum Gasteiger partial charge on any atom is 0.225 e. The minimum Gasteiger partial charge on any atom is -0.344 e. The summed E-state index contributed by atoms with van der Waals surface area (Å²) in [5.74, 6) is 0.384. The quantitative estimate of drug-likeness (QED) is 0.581. The Morgan fingerprint density at radius 2 is 1.96 bits per heavy atom. The van der Waals surface area contributed by atoms with Crippen molar-refractivity contribution in [1.82, 2.24) is 34.5 Å². The molecule has 0 aliphatic carbocycles. The molecule has 4 aromatic heterocycles. The summed E-state index contributed by atoms with van der Waals surface area (Å²) in [4.78, 5) is 25.8. The van der Waals surface area contributed by atoms with Gasteiger partial charge in [-0.1, -0.05) is 0 Å². The zero-order valence-electron chi connectivity index (χ0n) is 14.8. The third-order valence-electron chi connectivity index (χ3n) is 4.03. The highest BCUT2D eigenvalue weighted by Gasteiger charge is 2.14. The van der Waals surface area contributed by atoms with Gasteiger partial charge in [-0.15, -0.1) is 0 Å². The molecular weight excluding hydrogens is 347 g/mol. The molecule has 27 heavy (non-hydrogen) atoms. The number of imidazole rings is 1. The van der Waals surface area contributed by atoms with E-state index in [1.807, 2.05) is 36.9 Å². The maximum atomic E-state index is 13.0. The summed E-state index contributed by atoms with van der Waals surface area (Å²) in [6, 6.07) is 3.50. The normalized spacial score (nSPS) is 12.3. The van der Waals surface area contributed by atoms with Crippen molar-refractivity contribution in [2.45, 2.75) is 19.4 Å². The monoisotopic (exact) mass is 364 g/mol. The van der Waals surface area contributed by atoms with Gasteiger partial charge in [-0.3, -0.25) is 0 Å². The highest BCUT2D eigenvalue weighted by atomic mass is 19.1. The number of aromatic nitrogens is 7. The predicted molar refractivity (Wildman–Crippen MR) is 97.4 cm³/mol. The number of rotatable bonds is 5. The number of anilines is 1. The first-order valence-electron chi connectivity index (χ1n) is 8.41. The molecule has 0 radical (unpaired) electrons. The first-order chi connectivity index (χ1) is 13.1. The SMILES string of the molecule is C[C@H](Nc1nc(Cc2cn(C)cn2)c2cccnc2n1)c1ncc(F)cn1. The third kappa shape index (κ3) is 3.71. The molecule has 4 aromatic rings. The van der Waals surface area contributed by atoms with Gasteiger partial charge in [0.2, 0.25) is 5.95 Å². The average Bonchev–Trinajstić information content (AvgIpc) is 3.07. The lowest BCUT2D eigenvalue weighted by molar-refractivity contribution is 0.604. The second-order valence-electron chi connectivity index (χ2n) is 6.20. The van der Waals surface area contributed by atoms with Crippen molar-refractivity contribution < 1.29 is 4.39 Å². The Kier molecular flexibility index (Phi) is 4.41. The molecule has 0 aliphatic heterocycles. The number of halogens is 1. The molecule has 1 atom stereocenters. The van der Waals surface area contributed by atoms with Crippen molar-refractivity contribution in [3.8, 4) is 0 Å². The minimum atomic E-state index is -0.477. The number of nitrogens with one attached hydrogen (secondary N) is 1. The van der Waals surface area contributed by atoms with E-state index in [1.54, 1.807) is 12.5 Å². The third-order valence-corrected chi connectivity index (χ3v) is 4.03. The number of hydrogen-bond acceptors (Lipinski definition) is 7. The van der Waals surface area contributed by atoms with E-state index in [-0.39, 0.29) is 6.04 Å². The maximum absolute atomic E-state index is 13.0. The molecule has 0 unspecified atom stereocenters. The summed E-state index contributed by atoms with van der Waals surface area (Å²) in [5.41, 5.74) is 2.32. The summed E-state index contributed by atoms with van der Waals surface area (Å²) in [5, 5.41) is 4.04. The minimum absolute atomic E-state index is 0.297. The predicted octanol–water partition coefficient (Wildman–Crippen LogP) is 2.45. The van der Waals surface area contributed by atoms with Gasteiger partial charge in [0.25, 0.3) is 0 Å². The molecule has 1 N–H and O–H groups in total. The van der Waals surface area contributed by atoms with E-state index in [4.69, 9.17) is 0 Å². The second kappa shape index (κ2) is 7.02. The fourth-order valence-electron chi connectivity index (χ4n) is 2.76. The van der Waals surface area contributed by atoms with E-state index >= 15 is 0 Å². The van der Waals surface area contributed by atoms with Crippen LogP contribution in [0.3, 0.4) is 0 Å². The Bertz CT molecular complexity index is 1080. The summed E-state index contributed by atoms with van der Waals surface area (Å²) >= 11 is 0. The summed E-state index contributed by atoms with van der Waals surface area (Å²) in [6.45, 7) is 1.86. The van der Waals surface area contributed by atoms with Crippen molar-refractivity contribution in [3.63, 3.8) is 0 Å². The highest BCUT2D eigenvalue weighted by Crippen LogP contribution is 2.20. The van der Waals surface area contributed by atoms with Crippen molar-refractivity contribution in [2.75, 3.05) is 5.32 Å². The fraction of sp³-hybridized carbons (Fsp3) is 0.222. The first-order valence-corrected chi connectivity index (χ1v) is 8.41. The van der Waals surface area contributed by atoms with Crippen LogP contribution < -0.4 is 5.32 Å². The number of pyridine rings is 1. The Labute approximate surface area is 154 Å². The Morgan fingerprint density at radius 1 is 1.15 bits per heavy atom. The molecule has 0 aromatic carbocycles. The molecule has 0 saturated carbocycles. The Morgan fingerprint density at radius 3 is 2.70 bits per heavy atom. The van der Waals surface area contributed by atoms with E-state index in [0.29, 0.717) is 23.8 Å². The zero-order valence-corrected chi connectivity index (χ0v) is 14.8. The van der Waals surface area contributed by atoms with Crippen LogP contribution in [0.15, 0.2) is 43.2 Å². The van der Waals surface area contributed by atoms with Gasteiger partial charge in [0.15, 0.2) is 11.5 Å². The van der Waals surface area contributed by atoms with Crippen molar-refractivity contribution in [1.29, 1.82) is 0 Å². The van der Waals surface area contributed by atoms with E-state index in [1.165, 1.54) is 0 Å². The van der Waals surface area contributed by atoms with Crippen molar-refractivity contribution in [3.05, 3.63) is 66.3 Å². The molecule has 9 heteroatoms. The highest BCUT2D eigenvalue weighted by molar-refractivity contribution is 5.78. The van der Waals surface area contributed by atoms with Gasteiger partial charge in [0, 0.05) is 31.2 Å². The molecule has 0 aliphatic rings. The fourth-order valence-corrected chi connectivity index (χ4v) is 2.76. The van der Waals surface area contributed by atoms with Crippen LogP contribution in [0.1, 0.15) is 30.2 Å². The van der Waals surface area contributed by atoms with Gasteiger partial charge in [-0.2, -0.15) is 4.98 Å². The van der Waals surface area contributed by atoms with Crippen LogP contribution in [0.2, 0.25) is 0 Å². The molecule has 0 bridgehead atoms. The molecule has 8 nitrogen and oxygen atoms in total. The van der Waals surface area contributed by atoms with Crippen molar-refractivity contribution in [2.24, 2.45) is 7.05 Å². The summed E-state index contributed by atoms with van der Waals surface area (Å²) < 4.78 is 14.9. The van der Waals surface area contributed by atoms with E-state index in [2.05, 4.69) is 35.2 Å². The van der Waals surface area contributed by atoms with Gasteiger partial charge in [0.1, 0.15) is 5.82 Å². The van der Waals surface area contributed by atoms with Crippen LogP contribution in [-0.4, -0.2) is 34.5 Å². The zero-order chi connectivity index (χ0) is 18.8. The second-order valence-corrected chi connectivity index (χ2v) is 6.20. The number of nitrogens with zero attached hydrogens (tertiary/aromatic N) is 7. The molecule has 4 rings (SSSR count). The topological polar surface area (TPSA) is 94.3 Å². The standard InChI is InChI=1S/C18H17FN8/c1-11(16-21-7-12(19)8-22-16)24-18-25-15(6-13-9-27(2)10-23-13)14-4-3-5-20-17(14)26-18/h3-5,7-11H,6H2,1-2H3,(H,20,24,25,26)/t11-/m0/s1. The van der Waals surface area contributed by atoms with Gasteiger partial charge in [-0.25, -0.2) is 29.3 Å². The number of hydrogen-bond donors (Lipinski definition) is 1. The molecule has 0 saturated heterocycles. The lowest BCUT2D eigenvalue weighted by atomic mass is 10.1. The van der Waals surface area contributed by atoms with Gasteiger partial charge >= 0.3 is 0 Å². The van der Waals surface area contributed by atoms with Crippen LogP contribution in [0.25, 0.3) is 11.0 Å². The van der Waals surface area contributed by atoms with E-state index < -0.39 is 5.82 Å². The van der Waals surface area contributed by atoms with Gasteiger partial charge < -0.3 is 9.88 Å². The molecular formula is C18H17FN8. The molecule has 136 valence electrons. The van der Waals surface area contributed by atoms with Crippen LogP contribution in [0.4, 0.5) is 10.3 Å². The van der Waals surface area contributed by atoms with E-state index in [9.17, 15) is 4.39 Å². The Hall–Kier alpha value is -3.49. The Balaban J connectivity index is 1.67. The van der Waals surface area contributed by atoms with Crippen molar-refractivity contribution >= 4 is 17.0 Å². The number of aryl methyl sites for hydroxylation is 1. The largest absolute Gasteiger partial charge is 0.344 e. The van der Waals surface area contributed by atoms with Crippen LogP contribution >= 0.6 is 0 Å². The smallest absolute Gasteiger partial charge is 0.225 e. The molecule has 4 heterocycles. The van der Waals surface area contributed by atoms with E-state index in [0.717, 1.165) is 29.2 Å². The number of fused-ring (bicyclic) bond motifs is 1. The molecule has 0 fully saturated rings. The molecule has 0 amide bonds. The average molecular weight is 364 g/mol. The van der Waals surface area contributed by atoms with Gasteiger partial charge in [-0.05, 0) is 19.1 Å². The van der Waals surface area contributed by atoms with Crippen LogP contribution in [0.5, 0.6) is 0 Å². The van der Waals surface area contributed by atoms with Gasteiger partial charge in [0.05, 0.1) is 36.2 Å². The summed E-state index contributed by atoms with van der Waals surface area (Å²) in [6.07, 6.45) is 8.22. The van der Waals surface area contributed by atoms with Crippen LogP contribution in [0, 0.1) is 5.82 Å². The lowest BCUT2D eigenvalue weighted by Gasteiger charge is -2.14. The molecule has 0 spiro atoms. The lowest BCUT2D eigenvalue weighted by Crippen LogP contribution is -2.14.